The first-order valence-corrected chi connectivity index (χ1v) is 4.08. The van der Waals surface area contributed by atoms with E-state index in [0.29, 0.717) is 6.42 Å². The topological polar surface area (TPSA) is 26.3 Å². The summed E-state index contributed by atoms with van der Waals surface area (Å²) in [5, 5.41) is 0. The van der Waals surface area contributed by atoms with Gasteiger partial charge in [0.05, 0.1) is 0 Å². The van der Waals surface area contributed by atoms with Gasteiger partial charge in [-0.2, -0.15) is 0 Å². The number of fused-ring (bicyclic) bond motifs is 1. The van der Waals surface area contributed by atoms with Gasteiger partial charge in [0.1, 0.15) is 18.1 Å². The van der Waals surface area contributed by atoms with Crippen molar-refractivity contribution >= 4 is 6.29 Å². The predicted molar refractivity (Wildman–Crippen MR) is 45.2 cm³/mol. The maximum Gasteiger partial charge on any atom is 0.123 e. The molecular formula is C10H10O2. The van der Waals surface area contributed by atoms with E-state index in [0.717, 1.165) is 18.5 Å². The Bertz CT molecular complexity index is 269. The number of aldehydes is 1. The van der Waals surface area contributed by atoms with E-state index < -0.39 is 0 Å². The Balaban J connectivity index is 2.16. The highest BCUT2D eigenvalue weighted by Crippen LogP contribution is 2.28. The van der Waals surface area contributed by atoms with E-state index in [1.807, 2.05) is 24.3 Å². The minimum atomic E-state index is 0.0694. The third-order valence-corrected chi connectivity index (χ3v) is 2.07. The second-order valence-electron chi connectivity index (χ2n) is 2.95. The summed E-state index contributed by atoms with van der Waals surface area (Å²) in [6.07, 6.45) is 2.35. The van der Waals surface area contributed by atoms with Crippen LogP contribution in [-0.2, 0) is 11.2 Å². The first-order chi connectivity index (χ1) is 5.90. The van der Waals surface area contributed by atoms with Crippen LogP contribution >= 0.6 is 0 Å². The lowest BCUT2D eigenvalue weighted by atomic mass is 10.1. The lowest BCUT2D eigenvalue weighted by Gasteiger charge is -2.04. The summed E-state index contributed by atoms with van der Waals surface area (Å²) in [5.41, 5.74) is 1.21. The molecule has 1 atom stereocenters. The third kappa shape index (κ3) is 1.20. The van der Waals surface area contributed by atoms with Crippen molar-refractivity contribution in [3.8, 4) is 5.75 Å². The molecule has 0 saturated carbocycles. The predicted octanol–water partition coefficient (Wildman–Crippen LogP) is 1.58. The van der Waals surface area contributed by atoms with Crippen molar-refractivity contribution in [1.82, 2.24) is 0 Å². The maximum absolute atomic E-state index is 10.2. The van der Waals surface area contributed by atoms with Crippen LogP contribution in [0.1, 0.15) is 12.0 Å². The summed E-state index contributed by atoms with van der Waals surface area (Å²) in [7, 11) is 0. The average Bonchev–Trinajstić information content (AvgIpc) is 2.47. The molecule has 0 spiro atoms. The number of ether oxygens (including phenoxy) is 1. The summed E-state index contributed by atoms with van der Waals surface area (Å²) < 4.78 is 5.52. The monoisotopic (exact) mass is 162 g/mol. The van der Waals surface area contributed by atoms with Crippen LogP contribution in [-0.4, -0.2) is 12.4 Å². The number of hydrogen-bond acceptors (Lipinski definition) is 2. The van der Waals surface area contributed by atoms with E-state index in [2.05, 4.69) is 0 Å². The molecule has 1 heterocycles. The van der Waals surface area contributed by atoms with Gasteiger partial charge in [-0.1, -0.05) is 18.2 Å². The maximum atomic E-state index is 10.2. The lowest BCUT2D eigenvalue weighted by molar-refractivity contribution is -0.109. The van der Waals surface area contributed by atoms with Gasteiger partial charge < -0.3 is 9.53 Å². The van der Waals surface area contributed by atoms with Crippen LogP contribution < -0.4 is 4.74 Å². The fourth-order valence-corrected chi connectivity index (χ4v) is 1.49. The average molecular weight is 162 g/mol. The van der Waals surface area contributed by atoms with Crippen LogP contribution in [0.4, 0.5) is 0 Å². The molecule has 0 aliphatic carbocycles. The number of para-hydroxylation sites is 1. The van der Waals surface area contributed by atoms with Crippen LogP contribution in [0.5, 0.6) is 5.75 Å². The molecular weight excluding hydrogens is 152 g/mol. The smallest absolute Gasteiger partial charge is 0.123 e. The minimum absolute atomic E-state index is 0.0694. The molecule has 0 fully saturated rings. The highest BCUT2D eigenvalue weighted by molar-refractivity contribution is 5.51. The molecule has 12 heavy (non-hydrogen) atoms. The van der Waals surface area contributed by atoms with Crippen molar-refractivity contribution in [3.05, 3.63) is 29.8 Å². The molecule has 0 radical (unpaired) electrons. The quantitative estimate of drug-likeness (QED) is 0.617. The van der Waals surface area contributed by atoms with E-state index in [1.165, 1.54) is 5.56 Å². The summed E-state index contributed by atoms with van der Waals surface area (Å²) in [6, 6.07) is 7.92. The standard InChI is InChI=1S/C10H10O2/c11-6-5-9-7-8-3-1-2-4-10(8)12-9/h1-4,6,9H,5,7H2. The lowest BCUT2D eigenvalue weighted by Crippen LogP contribution is -2.12. The van der Waals surface area contributed by atoms with Gasteiger partial charge in [0.2, 0.25) is 0 Å². The summed E-state index contributed by atoms with van der Waals surface area (Å²) in [6.45, 7) is 0. The SMILES string of the molecule is O=CCC1Cc2ccccc2O1. The van der Waals surface area contributed by atoms with Crippen LogP contribution in [0.2, 0.25) is 0 Å². The molecule has 2 heteroatoms. The van der Waals surface area contributed by atoms with Crippen LogP contribution in [0.3, 0.4) is 0 Å². The molecule has 2 rings (SSSR count). The summed E-state index contributed by atoms with van der Waals surface area (Å²) in [4.78, 5) is 10.2. The summed E-state index contributed by atoms with van der Waals surface area (Å²) >= 11 is 0. The fourth-order valence-electron chi connectivity index (χ4n) is 1.49. The second-order valence-corrected chi connectivity index (χ2v) is 2.95. The number of benzene rings is 1. The van der Waals surface area contributed by atoms with Crippen molar-refractivity contribution in [2.45, 2.75) is 18.9 Å². The highest BCUT2D eigenvalue weighted by atomic mass is 16.5. The Kier molecular flexibility index (Phi) is 1.82. The molecule has 1 aromatic rings. The molecule has 0 saturated heterocycles. The van der Waals surface area contributed by atoms with Gasteiger partial charge >= 0.3 is 0 Å². The van der Waals surface area contributed by atoms with E-state index in [1.54, 1.807) is 0 Å². The first kappa shape index (κ1) is 7.35. The molecule has 1 aromatic carbocycles. The van der Waals surface area contributed by atoms with Crippen LogP contribution in [0, 0.1) is 0 Å². The highest BCUT2D eigenvalue weighted by Gasteiger charge is 2.21. The fraction of sp³-hybridized carbons (Fsp3) is 0.300. The number of carbonyl (C=O) groups excluding carboxylic acids is 1. The molecule has 1 aliphatic rings. The third-order valence-electron chi connectivity index (χ3n) is 2.07. The van der Waals surface area contributed by atoms with Crippen molar-refractivity contribution in [2.24, 2.45) is 0 Å². The van der Waals surface area contributed by atoms with Crippen molar-refractivity contribution in [2.75, 3.05) is 0 Å². The zero-order valence-corrected chi connectivity index (χ0v) is 6.69. The number of rotatable bonds is 2. The molecule has 0 bridgehead atoms. The Morgan fingerprint density at radius 1 is 1.50 bits per heavy atom. The summed E-state index contributed by atoms with van der Waals surface area (Å²) in [5.74, 6) is 0.935. The van der Waals surface area contributed by atoms with Gasteiger partial charge in [0.15, 0.2) is 0 Å². The van der Waals surface area contributed by atoms with Crippen LogP contribution in [0.25, 0.3) is 0 Å². The molecule has 0 amide bonds. The van der Waals surface area contributed by atoms with Crippen molar-refractivity contribution < 1.29 is 9.53 Å². The Morgan fingerprint density at radius 3 is 3.08 bits per heavy atom. The van der Waals surface area contributed by atoms with Crippen LogP contribution in [0.15, 0.2) is 24.3 Å². The number of carbonyl (C=O) groups is 1. The van der Waals surface area contributed by atoms with Gasteiger partial charge in [-0.05, 0) is 11.6 Å². The minimum Gasteiger partial charge on any atom is -0.489 e. The molecule has 62 valence electrons. The molecule has 2 nitrogen and oxygen atoms in total. The van der Waals surface area contributed by atoms with E-state index in [4.69, 9.17) is 4.74 Å². The van der Waals surface area contributed by atoms with Gasteiger partial charge in [-0.25, -0.2) is 0 Å². The van der Waals surface area contributed by atoms with Crippen molar-refractivity contribution in [1.29, 1.82) is 0 Å². The van der Waals surface area contributed by atoms with E-state index in [-0.39, 0.29) is 6.10 Å². The zero-order valence-electron chi connectivity index (χ0n) is 6.69. The normalized spacial score (nSPS) is 19.8. The molecule has 0 aromatic heterocycles. The molecule has 1 aliphatic heterocycles. The van der Waals surface area contributed by atoms with Gasteiger partial charge in [-0.15, -0.1) is 0 Å². The van der Waals surface area contributed by atoms with Gasteiger partial charge in [0.25, 0.3) is 0 Å². The van der Waals surface area contributed by atoms with Crippen molar-refractivity contribution in [3.63, 3.8) is 0 Å². The second kappa shape index (κ2) is 2.97. The Morgan fingerprint density at radius 2 is 2.33 bits per heavy atom. The zero-order chi connectivity index (χ0) is 8.39. The number of hydrogen-bond donors (Lipinski definition) is 0. The van der Waals surface area contributed by atoms with Gasteiger partial charge in [-0.3, -0.25) is 0 Å². The van der Waals surface area contributed by atoms with E-state index >= 15 is 0 Å². The van der Waals surface area contributed by atoms with Gasteiger partial charge in [0, 0.05) is 12.8 Å². The molecule has 1 unspecified atom stereocenters. The Hall–Kier alpha value is -1.31. The van der Waals surface area contributed by atoms with E-state index in [9.17, 15) is 4.79 Å². The Labute approximate surface area is 71.2 Å². The molecule has 0 N–H and O–H groups in total. The first-order valence-electron chi connectivity index (χ1n) is 4.08. The largest absolute Gasteiger partial charge is 0.489 e.